The lowest BCUT2D eigenvalue weighted by Crippen LogP contribution is -2.30. The number of halogens is 3. The predicted octanol–water partition coefficient (Wildman–Crippen LogP) is 4.98. The summed E-state index contributed by atoms with van der Waals surface area (Å²) in [5.41, 5.74) is 0.629. The molecule has 0 spiro atoms. The van der Waals surface area contributed by atoms with Crippen molar-refractivity contribution in [3.8, 4) is 0 Å². The molecule has 1 heterocycles. The highest BCUT2D eigenvalue weighted by Gasteiger charge is 2.42. The van der Waals surface area contributed by atoms with E-state index < -0.39 is 12.1 Å². The van der Waals surface area contributed by atoms with E-state index in [1.807, 2.05) is 18.2 Å². The number of rotatable bonds is 2. The van der Waals surface area contributed by atoms with E-state index in [1.54, 1.807) is 12.1 Å². The zero-order valence-electron chi connectivity index (χ0n) is 11.3. The minimum atomic E-state index is -4.15. The molecule has 0 unspecified atom stereocenters. The van der Waals surface area contributed by atoms with Crippen LogP contribution in [0.15, 0.2) is 34.7 Å². The van der Waals surface area contributed by atoms with E-state index in [0.717, 1.165) is 5.39 Å². The first-order chi connectivity index (χ1) is 9.95. The van der Waals surface area contributed by atoms with Gasteiger partial charge in [0.1, 0.15) is 5.58 Å². The van der Waals surface area contributed by atoms with Gasteiger partial charge in [-0.2, -0.15) is 13.2 Å². The van der Waals surface area contributed by atoms with E-state index >= 15 is 0 Å². The molecule has 0 N–H and O–H groups in total. The first-order valence-corrected chi connectivity index (χ1v) is 7.04. The fourth-order valence-electron chi connectivity index (χ4n) is 2.99. The first-order valence-electron chi connectivity index (χ1n) is 7.04. The summed E-state index contributed by atoms with van der Waals surface area (Å²) in [5, 5.41) is 0.838. The van der Waals surface area contributed by atoms with Crippen LogP contribution in [0.3, 0.4) is 0 Å². The normalized spacial score (nSPS) is 23.4. The fourth-order valence-corrected chi connectivity index (χ4v) is 2.99. The van der Waals surface area contributed by atoms with Crippen LogP contribution in [0.2, 0.25) is 0 Å². The van der Waals surface area contributed by atoms with E-state index in [4.69, 9.17) is 4.42 Å². The van der Waals surface area contributed by atoms with Crippen molar-refractivity contribution in [2.24, 2.45) is 11.8 Å². The Bertz CT molecular complexity index is 616. The van der Waals surface area contributed by atoms with Crippen LogP contribution in [0, 0.1) is 11.8 Å². The van der Waals surface area contributed by atoms with Crippen LogP contribution in [-0.4, -0.2) is 12.0 Å². The number of hydrogen-bond donors (Lipinski definition) is 0. The molecule has 0 bridgehead atoms. The van der Waals surface area contributed by atoms with E-state index in [1.165, 1.54) is 0 Å². The number of para-hydroxylation sites is 1. The molecule has 2 aromatic rings. The fraction of sp³-hybridized carbons (Fsp3) is 0.438. The van der Waals surface area contributed by atoms with Crippen molar-refractivity contribution < 1.29 is 22.4 Å². The molecule has 0 aliphatic heterocycles. The average Bonchev–Trinajstić information content (AvgIpc) is 2.89. The molecule has 0 atom stereocenters. The Morgan fingerprint density at radius 3 is 2.38 bits per heavy atom. The van der Waals surface area contributed by atoms with Crippen LogP contribution < -0.4 is 0 Å². The SMILES string of the molecule is O=C(c1cc2ccccc2o1)C1CCC(C(F)(F)F)CC1. The molecule has 112 valence electrons. The van der Waals surface area contributed by atoms with Crippen molar-refractivity contribution in [2.75, 3.05) is 0 Å². The highest BCUT2D eigenvalue weighted by atomic mass is 19.4. The van der Waals surface area contributed by atoms with Crippen molar-refractivity contribution in [2.45, 2.75) is 31.9 Å². The minimum absolute atomic E-state index is 0.0279. The summed E-state index contributed by atoms with van der Waals surface area (Å²) in [7, 11) is 0. The quantitative estimate of drug-likeness (QED) is 0.731. The number of furan rings is 1. The summed E-state index contributed by atoms with van der Waals surface area (Å²) >= 11 is 0. The zero-order chi connectivity index (χ0) is 15.0. The van der Waals surface area contributed by atoms with Gasteiger partial charge >= 0.3 is 6.18 Å². The second-order valence-corrected chi connectivity index (χ2v) is 5.60. The van der Waals surface area contributed by atoms with Crippen molar-refractivity contribution in [3.05, 3.63) is 36.1 Å². The van der Waals surface area contributed by atoms with Crippen LogP contribution in [0.5, 0.6) is 0 Å². The predicted molar refractivity (Wildman–Crippen MR) is 72.0 cm³/mol. The number of ketones is 1. The largest absolute Gasteiger partial charge is 0.453 e. The second kappa shape index (κ2) is 5.20. The summed E-state index contributed by atoms with van der Waals surface area (Å²) in [4.78, 5) is 12.4. The number of hydrogen-bond acceptors (Lipinski definition) is 2. The Morgan fingerprint density at radius 2 is 1.76 bits per heavy atom. The van der Waals surface area contributed by atoms with Gasteiger partial charge in [-0.3, -0.25) is 4.79 Å². The van der Waals surface area contributed by atoms with Crippen LogP contribution >= 0.6 is 0 Å². The van der Waals surface area contributed by atoms with Gasteiger partial charge in [0, 0.05) is 11.3 Å². The third kappa shape index (κ3) is 2.82. The van der Waals surface area contributed by atoms with Crippen LogP contribution in [0.4, 0.5) is 13.2 Å². The Morgan fingerprint density at radius 1 is 1.10 bits per heavy atom. The second-order valence-electron chi connectivity index (χ2n) is 5.60. The van der Waals surface area contributed by atoms with Gasteiger partial charge in [-0.15, -0.1) is 0 Å². The van der Waals surface area contributed by atoms with Gasteiger partial charge in [-0.25, -0.2) is 0 Å². The van der Waals surface area contributed by atoms with Gasteiger partial charge in [-0.1, -0.05) is 18.2 Å². The van der Waals surface area contributed by atoms with Gasteiger partial charge in [0.2, 0.25) is 5.78 Å². The molecule has 0 amide bonds. The maximum atomic E-state index is 12.6. The Hall–Kier alpha value is -1.78. The standard InChI is InChI=1S/C16H15F3O2/c17-16(18,19)12-7-5-10(6-8-12)15(20)14-9-11-3-1-2-4-13(11)21-14/h1-4,9-10,12H,5-8H2. The van der Waals surface area contributed by atoms with Crippen LogP contribution in [0.1, 0.15) is 36.2 Å². The summed E-state index contributed by atoms with van der Waals surface area (Å²) in [6.07, 6.45) is -3.53. The number of carbonyl (C=O) groups excluding carboxylic acids is 1. The Labute approximate surface area is 119 Å². The van der Waals surface area contributed by atoms with Crippen molar-refractivity contribution in [1.29, 1.82) is 0 Å². The summed E-state index contributed by atoms with van der Waals surface area (Å²) in [6, 6.07) is 8.95. The maximum Gasteiger partial charge on any atom is 0.391 e. The molecule has 1 aliphatic carbocycles. The molecule has 1 fully saturated rings. The highest BCUT2D eigenvalue weighted by molar-refractivity contribution is 5.99. The van der Waals surface area contributed by atoms with E-state index in [2.05, 4.69) is 0 Å². The number of Topliss-reactive ketones (excluding diaryl/α,β-unsaturated/α-hetero) is 1. The number of fused-ring (bicyclic) bond motifs is 1. The van der Waals surface area contributed by atoms with E-state index in [0.29, 0.717) is 5.58 Å². The minimum Gasteiger partial charge on any atom is -0.453 e. The lowest BCUT2D eigenvalue weighted by atomic mass is 9.79. The molecule has 1 aliphatic rings. The highest BCUT2D eigenvalue weighted by Crippen LogP contribution is 2.40. The lowest BCUT2D eigenvalue weighted by molar-refractivity contribution is -0.183. The molecule has 0 radical (unpaired) electrons. The average molecular weight is 296 g/mol. The van der Waals surface area contributed by atoms with E-state index in [9.17, 15) is 18.0 Å². The van der Waals surface area contributed by atoms with E-state index in [-0.39, 0.29) is 43.1 Å². The van der Waals surface area contributed by atoms with Gasteiger partial charge in [-0.05, 0) is 37.8 Å². The molecule has 1 saturated carbocycles. The van der Waals surface area contributed by atoms with Crippen molar-refractivity contribution in [3.63, 3.8) is 0 Å². The van der Waals surface area contributed by atoms with Gasteiger partial charge in [0.15, 0.2) is 5.76 Å². The van der Waals surface area contributed by atoms with Crippen molar-refractivity contribution in [1.82, 2.24) is 0 Å². The van der Waals surface area contributed by atoms with Crippen molar-refractivity contribution >= 4 is 16.8 Å². The first kappa shape index (κ1) is 14.2. The Kier molecular flexibility index (Phi) is 3.51. The van der Waals surface area contributed by atoms with Gasteiger partial charge in [0.05, 0.1) is 5.92 Å². The zero-order valence-corrected chi connectivity index (χ0v) is 11.3. The molecule has 0 saturated heterocycles. The molecule has 1 aromatic carbocycles. The van der Waals surface area contributed by atoms with Gasteiger partial charge in [0.25, 0.3) is 0 Å². The lowest BCUT2D eigenvalue weighted by Gasteiger charge is -2.28. The summed E-state index contributed by atoms with van der Waals surface area (Å²) < 4.78 is 43.4. The number of alkyl halides is 3. The smallest absolute Gasteiger partial charge is 0.391 e. The molecule has 21 heavy (non-hydrogen) atoms. The molecular weight excluding hydrogens is 281 g/mol. The monoisotopic (exact) mass is 296 g/mol. The molecule has 5 heteroatoms. The molecular formula is C16H15F3O2. The third-order valence-electron chi connectivity index (χ3n) is 4.23. The molecule has 2 nitrogen and oxygen atoms in total. The molecule has 1 aromatic heterocycles. The summed E-state index contributed by atoms with van der Waals surface area (Å²) in [5.74, 6) is -1.54. The number of benzene rings is 1. The number of carbonyl (C=O) groups is 1. The maximum absolute atomic E-state index is 12.6. The Balaban J connectivity index is 1.72. The molecule has 3 rings (SSSR count). The van der Waals surface area contributed by atoms with Crippen LogP contribution in [0.25, 0.3) is 11.0 Å². The topological polar surface area (TPSA) is 30.2 Å². The van der Waals surface area contributed by atoms with Crippen LogP contribution in [-0.2, 0) is 0 Å². The third-order valence-corrected chi connectivity index (χ3v) is 4.23. The summed E-state index contributed by atoms with van der Waals surface area (Å²) in [6.45, 7) is 0. The van der Waals surface area contributed by atoms with Gasteiger partial charge < -0.3 is 4.42 Å².